The van der Waals surface area contributed by atoms with E-state index in [4.69, 9.17) is 22.1 Å². The highest BCUT2D eigenvalue weighted by Crippen LogP contribution is 2.37. The number of nitrogens with zero attached hydrogens (tertiary/aromatic N) is 1. The monoisotopic (exact) mass is 352 g/mol. The van der Waals surface area contributed by atoms with E-state index < -0.39 is 16.7 Å². The van der Waals surface area contributed by atoms with Crippen LogP contribution in [0.3, 0.4) is 0 Å². The SMILES string of the molecule is C[S+]([O-])C1CC(Oc2ccc(C(C)(C)N)c3cc(Cl)ncc23)C1. The van der Waals surface area contributed by atoms with Crippen LogP contribution in [0.2, 0.25) is 5.15 Å². The van der Waals surface area contributed by atoms with Crippen LogP contribution in [-0.2, 0) is 16.7 Å². The molecule has 3 rings (SSSR count). The molecule has 1 aromatic carbocycles. The summed E-state index contributed by atoms with van der Waals surface area (Å²) in [5, 5.41) is 2.56. The lowest BCUT2D eigenvalue weighted by Gasteiger charge is -2.35. The molecule has 0 bridgehead atoms. The number of halogens is 1. The van der Waals surface area contributed by atoms with Crippen LogP contribution in [0.15, 0.2) is 24.4 Å². The number of rotatable bonds is 4. The van der Waals surface area contributed by atoms with E-state index in [0.29, 0.717) is 5.15 Å². The van der Waals surface area contributed by atoms with Gasteiger partial charge in [-0.15, -0.1) is 0 Å². The molecule has 2 N–H and O–H groups in total. The van der Waals surface area contributed by atoms with Crippen molar-refractivity contribution in [3.05, 3.63) is 35.1 Å². The number of benzene rings is 1. The van der Waals surface area contributed by atoms with Gasteiger partial charge < -0.3 is 15.0 Å². The zero-order chi connectivity index (χ0) is 16.8. The first kappa shape index (κ1) is 16.8. The molecule has 1 saturated carbocycles. The van der Waals surface area contributed by atoms with Crippen molar-refractivity contribution in [3.8, 4) is 5.75 Å². The van der Waals surface area contributed by atoms with E-state index >= 15 is 0 Å². The van der Waals surface area contributed by atoms with Crippen molar-refractivity contribution in [3.63, 3.8) is 0 Å². The van der Waals surface area contributed by atoms with Crippen molar-refractivity contribution < 1.29 is 9.29 Å². The number of fused-ring (bicyclic) bond motifs is 1. The second-order valence-electron chi connectivity index (χ2n) is 6.72. The van der Waals surface area contributed by atoms with Crippen molar-refractivity contribution in [2.75, 3.05) is 6.26 Å². The Morgan fingerprint density at radius 1 is 1.35 bits per heavy atom. The molecular formula is C17H21ClN2O2S. The summed E-state index contributed by atoms with van der Waals surface area (Å²) in [7, 11) is 0. The van der Waals surface area contributed by atoms with E-state index in [-0.39, 0.29) is 11.4 Å². The maximum atomic E-state index is 11.4. The lowest BCUT2D eigenvalue weighted by Crippen LogP contribution is -2.42. The van der Waals surface area contributed by atoms with Crippen LogP contribution in [-0.4, -0.2) is 27.1 Å². The smallest absolute Gasteiger partial charge is 0.129 e. The molecule has 0 aliphatic heterocycles. The molecular weight excluding hydrogens is 332 g/mol. The van der Waals surface area contributed by atoms with Gasteiger partial charge in [0.1, 0.15) is 22.3 Å². The molecule has 2 aromatic rings. The zero-order valence-corrected chi connectivity index (χ0v) is 15.1. The van der Waals surface area contributed by atoms with Crippen LogP contribution in [0.4, 0.5) is 0 Å². The van der Waals surface area contributed by atoms with Crippen LogP contribution in [0.1, 0.15) is 32.3 Å². The second-order valence-corrected chi connectivity index (χ2v) is 8.77. The minimum absolute atomic E-state index is 0.111. The van der Waals surface area contributed by atoms with E-state index in [2.05, 4.69) is 4.98 Å². The Morgan fingerprint density at radius 3 is 2.65 bits per heavy atom. The van der Waals surface area contributed by atoms with E-state index in [9.17, 15) is 4.55 Å². The standard InChI is InChI=1S/C17H21ClN2O2S/c1-17(2,19)14-4-5-15(13-9-20-16(18)8-12(13)14)22-10-6-11(7-10)23(3)21/h4-5,8-11H,6-7,19H2,1-3H3. The number of aromatic nitrogens is 1. The minimum atomic E-state index is -0.774. The van der Waals surface area contributed by atoms with Gasteiger partial charge in [-0.05, 0) is 36.9 Å². The van der Waals surface area contributed by atoms with Crippen molar-refractivity contribution in [1.29, 1.82) is 0 Å². The first-order valence-electron chi connectivity index (χ1n) is 7.62. The van der Waals surface area contributed by atoms with Crippen molar-refractivity contribution in [2.24, 2.45) is 5.73 Å². The Bertz CT molecular complexity index is 724. The molecule has 1 aromatic heterocycles. The summed E-state index contributed by atoms with van der Waals surface area (Å²) < 4.78 is 17.5. The molecule has 1 heterocycles. The van der Waals surface area contributed by atoms with Gasteiger partial charge in [0.2, 0.25) is 0 Å². The molecule has 1 unspecified atom stereocenters. The molecule has 1 aliphatic rings. The van der Waals surface area contributed by atoms with Gasteiger partial charge in [0.25, 0.3) is 0 Å². The topological polar surface area (TPSA) is 71.2 Å². The molecule has 1 fully saturated rings. The third-order valence-electron chi connectivity index (χ3n) is 4.34. The Hall–Kier alpha value is -1.01. The average molecular weight is 353 g/mol. The number of hydrogen-bond acceptors (Lipinski definition) is 4. The normalized spacial score (nSPS) is 22.7. The third kappa shape index (κ3) is 3.43. The van der Waals surface area contributed by atoms with Gasteiger partial charge in [0.15, 0.2) is 0 Å². The molecule has 6 heteroatoms. The first-order chi connectivity index (χ1) is 10.8. The van der Waals surface area contributed by atoms with Gasteiger partial charge in [-0.1, -0.05) is 28.8 Å². The van der Waals surface area contributed by atoms with Crippen molar-refractivity contribution in [2.45, 2.75) is 43.6 Å². The maximum absolute atomic E-state index is 11.4. The highest BCUT2D eigenvalue weighted by molar-refractivity contribution is 7.91. The summed E-state index contributed by atoms with van der Waals surface area (Å²) in [5.74, 6) is 0.780. The fraction of sp³-hybridized carbons (Fsp3) is 0.471. The Balaban J connectivity index is 1.94. The Labute approximate surface area is 144 Å². The van der Waals surface area contributed by atoms with Crippen LogP contribution in [0, 0.1) is 0 Å². The largest absolute Gasteiger partial charge is 0.616 e. The fourth-order valence-electron chi connectivity index (χ4n) is 2.92. The predicted octanol–water partition coefficient (Wildman–Crippen LogP) is 3.37. The first-order valence-corrected chi connectivity index (χ1v) is 9.62. The van der Waals surface area contributed by atoms with Crippen molar-refractivity contribution in [1.82, 2.24) is 4.98 Å². The third-order valence-corrected chi connectivity index (χ3v) is 5.87. The molecule has 1 atom stereocenters. The molecule has 0 amide bonds. The lowest BCUT2D eigenvalue weighted by atomic mass is 9.90. The highest BCUT2D eigenvalue weighted by atomic mass is 35.5. The minimum Gasteiger partial charge on any atom is -0.616 e. The predicted molar refractivity (Wildman–Crippen MR) is 95.5 cm³/mol. The summed E-state index contributed by atoms with van der Waals surface area (Å²) in [5.41, 5.74) is 6.80. The van der Waals surface area contributed by atoms with Gasteiger partial charge >= 0.3 is 0 Å². The van der Waals surface area contributed by atoms with Gasteiger partial charge in [-0.3, -0.25) is 0 Å². The Kier molecular flexibility index (Phi) is 4.49. The number of nitrogens with two attached hydrogens (primary N) is 1. The van der Waals surface area contributed by atoms with Gasteiger partial charge in [-0.2, -0.15) is 0 Å². The molecule has 0 spiro atoms. The van der Waals surface area contributed by atoms with Crippen LogP contribution in [0.5, 0.6) is 5.75 Å². The molecule has 0 radical (unpaired) electrons. The van der Waals surface area contributed by atoms with E-state index in [0.717, 1.165) is 34.9 Å². The van der Waals surface area contributed by atoms with Crippen LogP contribution in [0.25, 0.3) is 10.8 Å². The molecule has 4 nitrogen and oxygen atoms in total. The van der Waals surface area contributed by atoms with E-state index in [1.165, 1.54) is 0 Å². The summed E-state index contributed by atoms with van der Waals surface area (Å²) in [6, 6.07) is 5.76. The zero-order valence-electron chi connectivity index (χ0n) is 13.5. The average Bonchev–Trinajstić information content (AvgIpc) is 2.39. The molecule has 124 valence electrons. The van der Waals surface area contributed by atoms with E-state index in [1.807, 2.05) is 32.0 Å². The maximum Gasteiger partial charge on any atom is 0.129 e. The quantitative estimate of drug-likeness (QED) is 0.676. The molecule has 1 aliphatic carbocycles. The van der Waals surface area contributed by atoms with Crippen molar-refractivity contribution >= 4 is 33.5 Å². The van der Waals surface area contributed by atoms with E-state index in [1.54, 1.807) is 12.5 Å². The summed E-state index contributed by atoms with van der Waals surface area (Å²) >= 11 is 5.29. The summed E-state index contributed by atoms with van der Waals surface area (Å²) in [4.78, 5) is 4.18. The second kappa shape index (κ2) is 6.13. The lowest BCUT2D eigenvalue weighted by molar-refractivity contribution is 0.125. The highest BCUT2D eigenvalue weighted by Gasteiger charge is 2.37. The fourth-order valence-corrected chi connectivity index (χ4v) is 4.05. The molecule has 0 saturated heterocycles. The number of hydrogen-bond donors (Lipinski definition) is 1. The van der Waals surface area contributed by atoms with Gasteiger partial charge in [0, 0.05) is 30.0 Å². The Morgan fingerprint density at radius 2 is 2.04 bits per heavy atom. The number of ether oxygens (including phenoxy) is 1. The van der Waals surface area contributed by atoms with Crippen LogP contribution < -0.4 is 10.5 Å². The number of pyridine rings is 1. The van der Waals surface area contributed by atoms with Gasteiger partial charge in [-0.25, -0.2) is 4.98 Å². The van der Waals surface area contributed by atoms with Gasteiger partial charge in [0.05, 0.1) is 6.26 Å². The summed E-state index contributed by atoms with van der Waals surface area (Å²) in [6.07, 6.45) is 5.25. The summed E-state index contributed by atoms with van der Waals surface area (Å²) in [6.45, 7) is 3.92. The molecule has 23 heavy (non-hydrogen) atoms. The van der Waals surface area contributed by atoms with Crippen LogP contribution >= 0.6 is 11.6 Å².